The number of ether oxygens (including phenoxy) is 2. The molecule has 1 rings (SSSR count). The molecule has 0 aromatic carbocycles. The maximum atomic E-state index is 12.3. The van der Waals surface area contributed by atoms with Crippen LogP contribution in [0.1, 0.15) is 47.5 Å². The first-order valence-electron chi connectivity index (χ1n) is 8.06. The Morgan fingerprint density at radius 2 is 2.23 bits per heavy atom. The molecule has 1 aliphatic heterocycles. The molecule has 3 unspecified atom stereocenters. The van der Waals surface area contributed by atoms with E-state index in [2.05, 4.69) is 25.1 Å². The van der Waals surface area contributed by atoms with Crippen molar-refractivity contribution in [1.29, 1.82) is 0 Å². The summed E-state index contributed by atoms with van der Waals surface area (Å²) >= 11 is 0. The second-order valence-electron chi connectivity index (χ2n) is 6.83. The van der Waals surface area contributed by atoms with Crippen molar-refractivity contribution in [1.82, 2.24) is 10.2 Å². The number of morpholine rings is 1. The van der Waals surface area contributed by atoms with Crippen LogP contribution in [0.25, 0.3) is 0 Å². The van der Waals surface area contributed by atoms with Crippen LogP contribution in [0.5, 0.6) is 0 Å². The average Bonchev–Trinajstić information content (AvgIpc) is 2.43. The molecule has 1 saturated heterocycles. The van der Waals surface area contributed by atoms with E-state index in [1.165, 1.54) is 0 Å². The molecule has 1 aliphatic rings. The zero-order valence-electron chi connectivity index (χ0n) is 14.5. The minimum absolute atomic E-state index is 0.0152. The number of nitrogens with one attached hydrogen (secondary N) is 1. The van der Waals surface area contributed by atoms with Gasteiger partial charge in [0.1, 0.15) is 5.60 Å². The first-order chi connectivity index (χ1) is 10.3. The fourth-order valence-corrected chi connectivity index (χ4v) is 2.51. The Labute approximate surface area is 134 Å². The lowest BCUT2D eigenvalue weighted by atomic mass is 10.1. The number of hydrogen-bond acceptors (Lipinski definition) is 4. The molecular weight excluding hydrogens is 280 g/mol. The van der Waals surface area contributed by atoms with Crippen molar-refractivity contribution in [3.05, 3.63) is 0 Å². The molecule has 0 saturated carbocycles. The van der Waals surface area contributed by atoms with Crippen molar-refractivity contribution in [2.24, 2.45) is 0 Å². The lowest BCUT2D eigenvalue weighted by Gasteiger charge is -2.38. The van der Waals surface area contributed by atoms with E-state index in [1.54, 1.807) is 4.90 Å². The predicted octanol–water partition coefficient (Wildman–Crippen LogP) is 2.40. The summed E-state index contributed by atoms with van der Waals surface area (Å²) in [4.78, 5) is 14.1. The molecule has 5 nitrogen and oxygen atoms in total. The summed E-state index contributed by atoms with van der Waals surface area (Å²) in [5, 5.41) is 3.40. The Kier molecular flexibility index (Phi) is 7.18. The summed E-state index contributed by atoms with van der Waals surface area (Å²) in [6.45, 7) is 11.4. The maximum absolute atomic E-state index is 12.3. The Balaban J connectivity index is 2.61. The molecule has 3 atom stereocenters. The predicted molar refractivity (Wildman–Crippen MR) is 87.7 cm³/mol. The first-order valence-corrected chi connectivity index (χ1v) is 8.06. The van der Waals surface area contributed by atoms with Gasteiger partial charge in [-0.1, -0.05) is 12.8 Å². The Hall–Kier alpha value is -1.25. The second-order valence-corrected chi connectivity index (χ2v) is 6.83. The molecular formula is C17H30N2O3. The van der Waals surface area contributed by atoms with Gasteiger partial charge < -0.3 is 19.7 Å². The number of hydrogen-bond donors (Lipinski definition) is 1. The SMILES string of the molecule is C#CC(CC)NC(C)CC1COCCN1C(=O)OC(C)(C)C. The number of nitrogens with zero attached hydrogens (tertiary/aromatic N) is 1. The molecule has 1 N–H and O–H groups in total. The van der Waals surface area contributed by atoms with Gasteiger partial charge in [-0.2, -0.15) is 0 Å². The van der Waals surface area contributed by atoms with Crippen LogP contribution in [0.3, 0.4) is 0 Å². The third-order valence-electron chi connectivity index (χ3n) is 3.58. The highest BCUT2D eigenvalue weighted by atomic mass is 16.6. The molecule has 1 heterocycles. The fourth-order valence-electron chi connectivity index (χ4n) is 2.51. The molecule has 0 radical (unpaired) electrons. The minimum Gasteiger partial charge on any atom is -0.444 e. The van der Waals surface area contributed by atoms with E-state index in [0.29, 0.717) is 19.8 Å². The van der Waals surface area contributed by atoms with Gasteiger partial charge in [-0.25, -0.2) is 4.79 Å². The topological polar surface area (TPSA) is 50.8 Å². The van der Waals surface area contributed by atoms with Crippen LogP contribution < -0.4 is 5.32 Å². The van der Waals surface area contributed by atoms with Crippen LogP contribution in [0.4, 0.5) is 4.79 Å². The first kappa shape index (κ1) is 18.8. The normalized spacial score (nSPS) is 21.8. The van der Waals surface area contributed by atoms with E-state index in [-0.39, 0.29) is 24.2 Å². The molecule has 126 valence electrons. The van der Waals surface area contributed by atoms with E-state index in [4.69, 9.17) is 15.9 Å². The van der Waals surface area contributed by atoms with Crippen LogP contribution >= 0.6 is 0 Å². The highest BCUT2D eigenvalue weighted by Crippen LogP contribution is 2.17. The lowest BCUT2D eigenvalue weighted by Crippen LogP contribution is -2.52. The molecule has 22 heavy (non-hydrogen) atoms. The molecule has 0 aromatic heterocycles. The van der Waals surface area contributed by atoms with Crippen molar-refractivity contribution in [2.45, 2.75) is 71.2 Å². The summed E-state index contributed by atoms with van der Waals surface area (Å²) < 4.78 is 11.0. The van der Waals surface area contributed by atoms with Gasteiger partial charge in [-0.3, -0.25) is 0 Å². The zero-order chi connectivity index (χ0) is 16.8. The van der Waals surface area contributed by atoms with Crippen molar-refractivity contribution < 1.29 is 14.3 Å². The summed E-state index contributed by atoms with van der Waals surface area (Å²) in [7, 11) is 0. The van der Waals surface area contributed by atoms with E-state index < -0.39 is 5.60 Å². The maximum Gasteiger partial charge on any atom is 0.410 e. The molecule has 1 amide bonds. The van der Waals surface area contributed by atoms with E-state index >= 15 is 0 Å². The summed E-state index contributed by atoms with van der Waals surface area (Å²) in [6, 6.07) is 0.286. The van der Waals surface area contributed by atoms with Gasteiger partial charge in [0.2, 0.25) is 0 Å². The quantitative estimate of drug-likeness (QED) is 0.792. The van der Waals surface area contributed by atoms with Gasteiger partial charge in [-0.15, -0.1) is 6.42 Å². The number of rotatable bonds is 5. The standard InChI is InChI=1S/C17H30N2O3/c1-7-14(8-2)18-13(3)11-15-12-21-10-9-19(15)16(20)22-17(4,5)6/h1,13-15,18H,8-12H2,2-6H3. The fraction of sp³-hybridized carbons (Fsp3) is 0.824. The van der Waals surface area contributed by atoms with Crippen molar-refractivity contribution in [2.75, 3.05) is 19.8 Å². The Morgan fingerprint density at radius 1 is 1.55 bits per heavy atom. The molecule has 5 heteroatoms. The van der Waals surface area contributed by atoms with Gasteiger partial charge in [0.05, 0.1) is 25.3 Å². The third kappa shape index (κ3) is 6.25. The Bertz CT molecular complexity index is 398. The van der Waals surface area contributed by atoms with E-state index in [0.717, 1.165) is 12.8 Å². The highest BCUT2D eigenvalue weighted by molar-refractivity contribution is 5.68. The van der Waals surface area contributed by atoms with Crippen molar-refractivity contribution >= 4 is 6.09 Å². The van der Waals surface area contributed by atoms with Crippen LogP contribution in [-0.2, 0) is 9.47 Å². The van der Waals surface area contributed by atoms with Gasteiger partial charge in [0.15, 0.2) is 0 Å². The average molecular weight is 310 g/mol. The highest BCUT2D eigenvalue weighted by Gasteiger charge is 2.32. The molecule has 0 bridgehead atoms. The summed E-state index contributed by atoms with van der Waals surface area (Å²) in [5.41, 5.74) is -0.486. The smallest absolute Gasteiger partial charge is 0.410 e. The van der Waals surface area contributed by atoms with Crippen LogP contribution in [-0.4, -0.2) is 54.5 Å². The number of terminal acetylenes is 1. The number of carbonyl (C=O) groups is 1. The summed E-state index contributed by atoms with van der Waals surface area (Å²) in [6.07, 6.45) is 6.90. The van der Waals surface area contributed by atoms with Gasteiger partial charge in [0.25, 0.3) is 0 Å². The molecule has 0 aliphatic carbocycles. The summed E-state index contributed by atoms with van der Waals surface area (Å²) in [5.74, 6) is 2.74. The van der Waals surface area contributed by atoms with Gasteiger partial charge in [-0.05, 0) is 40.5 Å². The number of amides is 1. The monoisotopic (exact) mass is 310 g/mol. The van der Waals surface area contributed by atoms with E-state index in [1.807, 2.05) is 20.8 Å². The van der Waals surface area contributed by atoms with E-state index in [9.17, 15) is 4.79 Å². The van der Waals surface area contributed by atoms with Gasteiger partial charge in [0, 0.05) is 12.6 Å². The second kappa shape index (κ2) is 8.40. The van der Waals surface area contributed by atoms with Crippen LogP contribution in [0.15, 0.2) is 0 Å². The van der Waals surface area contributed by atoms with Gasteiger partial charge >= 0.3 is 6.09 Å². The minimum atomic E-state index is -0.486. The lowest BCUT2D eigenvalue weighted by molar-refractivity contribution is -0.0356. The van der Waals surface area contributed by atoms with Crippen molar-refractivity contribution in [3.8, 4) is 12.3 Å². The largest absolute Gasteiger partial charge is 0.444 e. The van der Waals surface area contributed by atoms with Crippen molar-refractivity contribution in [3.63, 3.8) is 0 Å². The third-order valence-corrected chi connectivity index (χ3v) is 3.58. The Morgan fingerprint density at radius 3 is 2.77 bits per heavy atom. The molecule has 0 aromatic rings. The molecule has 0 spiro atoms. The number of carbonyl (C=O) groups excluding carboxylic acids is 1. The zero-order valence-corrected chi connectivity index (χ0v) is 14.5. The van der Waals surface area contributed by atoms with Crippen LogP contribution in [0.2, 0.25) is 0 Å². The molecule has 1 fully saturated rings. The van der Waals surface area contributed by atoms with Crippen LogP contribution in [0, 0.1) is 12.3 Å².